The maximum Gasteiger partial charge on any atom is 0.137 e. The quantitative estimate of drug-likeness (QED) is 0.0768. The van der Waals surface area contributed by atoms with E-state index in [1.807, 2.05) is 23.5 Å². The molecule has 0 aliphatic heterocycles. The van der Waals surface area contributed by atoms with Crippen molar-refractivity contribution in [1.29, 1.82) is 0 Å². The van der Waals surface area contributed by atoms with Crippen LogP contribution in [0.4, 0.5) is 0 Å². The van der Waals surface area contributed by atoms with E-state index in [9.17, 15) is 0 Å². The van der Waals surface area contributed by atoms with Gasteiger partial charge in [0.05, 0.1) is 5.08 Å². The third kappa shape index (κ3) is 20.4. The molecule has 33 heavy (non-hydrogen) atoms. The van der Waals surface area contributed by atoms with Crippen LogP contribution in [0.2, 0.25) is 0 Å². The Balaban J connectivity index is 4.53. The highest BCUT2D eigenvalue weighted by Crippen LogP contribution is 2.22. The third-order valence-electron chi connectivity index (χ3n) is 6.01. The lowest BCUT2D eigenvalue weighted by Crippen LogP contribution is -2.31. The van der Waals surface area contributed by atoms with Crippen LogP contribution in [0.5, 0.6) is 0 Å². The Morgan fingerprint density at radius 2 is 0.727 bits per heavy atom. The highest BCUT2D eigenvalue weighted by atomic mass is 32.2. The zero-order valence-electron chi connectivity index (χ0n) is 22.4. The molecule has 0 amide bonds. The molecule has 0 heterocycles. The van der Waals surface area contributed by atoms with Crippen LogP contribution in [0.1, 0.15) is 130 Å². The maximum absolute atomic E-state index is 5.87. The molecule has 0 spiro atoms. The van der Waals surface area contributed by atoms with E-state index >= 15 is 0 Å². The molecule has 6 heteroatoms. The molecule has 0 aliphatic rings. The third-order valence-corrected chi connectivity index (χ3v) is 9.18. The number of unbranched alkanes of at least 4 members (excludes halogenated alkanes) is 12. The van der Waals surface area contributed by atoms with Crippen molar-refractivity contribution in [2.45, 2.75) is 130 Å². The first-order valence-corrected chi connectivity index (χ1v) is 16.7. The number of hydrogen-bond acceptors (Lipinski definition) is 4. The lowest BCUT2D eigenvalue weighted by molar-refractivity contribution is 0.398. The molecule has 0 radical (unpaired) electrons. The lowest BCUT2D eigenvalue weighted by Gasteiger charge is -2.26. The molecule has 0 N–H and O–H groups in total. The standard InChI is InChI=1S/C27H54N2S4/c1-5-9-13-17-21-28(22-18-14-10-6-2)26(30)32-25-33-27(31)29(23-19-15-11-7-3)24-20-16-12-8-4/h5-25H2,1-4H3. The van der Waals surface area contributed by atoms with Crippen molar-refractivity contribution >= 4 is 56.6 Å². The minimum atomic E-state index is 0.943. The van der Waals surface area contributed by atoms with Crippen molar-refractivity contribution in [2.24, 2.45) is 0 Å². The van der Waals surface area contributed by atoms with Crippen LogP contribution in [0, 0.1) is 0 Å². The normalized spacial score (nSPS) is 11.0. The van der Waals surface area contributed by atoms with Gasteiger partial charge in [-0.3, -0.25) is 0 Å². The van der Waals surface area contributed by atoms with Gasteiger partial charge in [-0.15, -0.1) is 0 Å². The number of rotatable bonds is 22. The fraction of sp³-hybridized carbons (Fsp3) is 0.926. The van der Waals surface area contributed by atoms with Crippen molar-refractivity contribution in [1.82, 2.24) is 9.80 Å². The van der Waals surface area contributed by atoms with E-state index in [-0.39, 0.29) is 0 Å². The maximum atomic E-state index is 5.87. The predicted molar refractivity (Wildman–Crippen MR) is 165 cm³/mol. The highest BCUT2D eigenvalue weighted by Gasteiger charge is 2.13. The first-order valence-electron chi connectivity index (χ1n) is 13.9. The van der Waals surface area contributed by atoms with Crippen LogP contribution < -0.4 is 0 Å². The van der Waals surface area contributed by atoms with Crippen LogP contribution in [-0.2, 0) is 0 Å². The Morgan fingerprint density at radius 3 is 0.970 bits per heavy atom. The number of thioether (sulfide) groups is 2. The van der Waals surface area contributed by atoms with Crippen LogP contribution in [0.15, 0.2) is 0 Å². The Kier molecular flexibility index (Phi) is 25.9. The van der Waals surface area contributed by atoms with Gasteiger partial charge in [0.25, 0.3) is 0 Å². The van der Waals surface area contributed by atoms with Gasteiger partial charge in [-0.2, -0.15) is 0 Å². The number of thiocarbonyl (C=S) groups is 2. The summed E-state index contributed by atoms with van der Waals surface area (Å²) < 4.78 is 2.16. The number of nitrogens with zero attached hydrogens (tertiary/aromatic N) is 2. The van der Waals surface area contributed by atoms with Crippen molar-refractivity contribution in [3.05, 3.63) is 0 Å². The zero-order chi connectivity index (χ0) is 24.6. The van der Waals surface area contributed by atoms with Gasteiger partial charge < -0.3 is 9.80 Å². The molecule has 0 rings (SSSR count). The summed E-state index contributed by atoms with van der Waals surface area (Å²) >= 11 is 15.4. The topological polar surface area (TPSA) is 6.48 Å². The molecule has 0 fully saturated rings. The molecule has 0 aromatic heterocycles. The first-order chi connectivity index (χ1) is 16.1. The molecule has 0 atom stereocenters. The van der Waals surface area contributed by atoms with Gasteiger partial charge in [0.2, 0.25) is 0 Å². The monoisotopic (exact) mass is 534 g/mol. The molecular weight excluding hydrogens is 481 g/mol. The van der Waals surface area contributed by atoms with E-state index in [1.54, 1.807) is 0 Å². The van der Waals surface area contributed by atoms with E-state index in [4.69, 9.17) is 24.4 Å². The smallest absolute Gasteiger partial charge is 0.137 e. The molecule has 0 aromatic rings. The van der Waals surface area contributed by atoms with E-state index in [0.29, 0.717) is 0 Å². The van der Waals surface area contributed by atoms with Gasteiger partial charge in [-0.05, 0) is 25.7 Å². The SMILES string of the molecule is CCCCCCN(CCCCCC)C(=S)SCSC(=S)N(CCCCCC)CCCCCC. The summed E-state index contributed by atoms with van der Waals surface area (Å²) in [5, 5.41) is 0.943. The van der Waals surface area contributed by atoms with E-state index in [2.05, 4.69) is 37.5 Å². The molecule has 0 saturated carbocycles. The average molecular weight is 535 g/mol. The highest BCUT2D eigenvalue weighted by molar-refractivity contribution is 8.35. The van der Waals surface area contributed by atoms with E-state index in [1.165, 1.54) is 103 Å². The van der Waals surface area contributed by atoms with Crippen molar-refractivity contribution in [3.8, 4) is 0 Å². The van der Waals surface area contributed by atoms with Gasteiger partial charge >= 0.3 is 0 Å². The first kappa shape index (κ1) is 33.5. The summed E-state index contributed by atoms with van der Waals surface area (Å²) in [6, 6.07) is 0. The molecule has 196 valence electrons. The Labute approximate surface area is 227 Å². The summed E-state index contributed by atoms with van der Waals surface area (Å²) in [5.41, 5.74) is 0. The molecule has 0 bridgehead atoms. The van der Waals surface area contributed by atoms with Crippen LogP contribution in [-0.4, -0.2) is 49.7 Å². The van der Waals surface area contributed by atoms with Crippen molar-refractivity contribution in [3.63, 3.8) is 0 Å². The molecule has 0 aromatic carbocycles. The van der Waals surface area contributed by atoms with Gasteiger partial charge in [-0.1, -0.05) is 153 Å². The predicted octanol–water partition coefficient (Wildman–Crippen LogP) is 9.91. The Bertz CT molecular complexity index is 395. The van der Waals surface area contributed by atoms with Gasteiger partial charge in [0, 0.05) is 26.2 Å². The second-order valence-electron chi connectivity index (χ2n) is 9.16. The summed E-state index contributed by atoms with van der Waals surface area (Å²) in [7, 11) is 0. The minimum absolute atomic E-state index is 0.943. The average Bonchev–Trinajstić information content (AvgIpc) is 2.81. The lowest BCUT2D eigenvalue weighted by atomic mass is 10.2. The number of hydrogen-bond donors (Lipinski definition) is 0. The van der Waals surface area contributed by atoms with E-state index < -0.39 is 0 Å². The van der Waals surface area contributed by atoms with Gasteiger partial charge in [-0.25, -0.2) is 0 Å². The summed E-state index contributed by atoms with van der Waals surface area (Å²) in [5.74, 6) is 0. The van der Waals surface area contributed by atoms with E-state index in [0.717, 1.165) is 39.9 Å². The Hall–Kier alpha value is 0.480. The van der Waals surface area contributed by atoms with Crippen LogP contribution >= 0.6 is 48.0 Å². The zero-order valence-corrected chi connectivity index (χ0v) is 25.6. The summed E-state index contributed by atoms with van der Waals surface area (Å²) in [6.45, 7) is 13.6. The molecule has 0 unspecified atom stereocenters. The van der Waals surface area contributed by atoms with Crippen LogP contribution in [0.25, 0.3) is 0 Å². The van der Waals surface area contributed by atoms with Crippen molar-refractivity contribution < 1.29 is 0 Å². The molecule has 0 aliphatic carbocycles. The summed E-state index contributed by atoms with van der Waals surface area (Å²) in [4.78, 5) is 4.95. The fourth-order valence-electron chi connectivity index (χ4n) is 3.82. The largest absolute Gasteiger partial charge is 0.358 e. The summed E-state index contributed by atoms with van der Waals surface area (Å²) in [6.07, 6.45) is 20.8. The molecule has 2 nitrogen and oxygen atoms in total. The van der Waals surface area contributed by atoms with Gasteiger partial charge in [0.1, 0.15) is 8.64 Å². The molecular formula is C27H54N2S4. The Morgan fingerprint density at radius 1 is 0.455 bits per heavy atom. The minimum Gasteiger partial charge on any atom is -0.358 e. The van der Waals surface area contributed by atoms with Crippen molar-refractivity contribution in [2.75, 3.05) is 31.3 Å². The van der Waals surface area contributed by atoms with Gasteiger partial charge in [0.15, 0.2) is 0 Å². The second kappa shape index (κ2) is 25.6. The fourth-order valence-corrected chi connectivity index (χ4v) is 6.82. The van der Waals surface area contributed by atoms with Crippen LogP contribution in [0.3, 0.4) is 0 Å². The second-order valence-corrected chi connectivity index (χ2v) is 12.7. The molecule has 0 saturated heterocycles.